The highest BCUT2D eigenvalue weighted by Gasteiger charge is 2.23. The summed E-state index contributed by atoms with van der Waals surface area (Å²) in [6, 6.07) is 46.9. The number of hydrogen-bond donors (Lipinski definition) is 1. The number of hydrogen-bond acceptors (Lipinski definition) is 3. The molecule has 5 nitrogen and oxygen atoms in total. The van der Waals surface area contributed by atoms with Crippen LogP contribution in [-0.4, -0.2) is 24.5 Å². The molecule has 0 amide bonds. The summed E-state index contributed by atoms with van der Waals surface area (Å²) in [7, 11) is 0. The molecule has 0 atom stereocenters. The lowest BCUT2D eigenvalue weighted by Crippen LogP contribution is -2.00. The van der Waals surface area contributed by atoms with Crippen LogP contribution in [0.15, 0.2) is 146 Å². The van der Waals surface area contributed by atoms with Gasteiger partial charge >= 0.3 is 0 Å². The Kier molecular flexibility index (Phi) is 5.22. The van der Waals surface area contributed by atoms with E-state index in [4.69, 9.17) is 15.0 Å². The molecule has 0 fully saturated rings. The summed E-state index contributed by atoms with van der Waals surface area (Å²) in [5.41, 5.74) is 8.87. The fourth-order valence-corrected chi connectivity index (χ4v) is 7.26. The largest absolute Gasteiger partial charge is 0.354 e. The summed E-state index contributed by atoms with van der Waals surface area (Å²) < 4.78 is 2.46. The highest BCUT2D eigenvalue weighted by atomic mass is 15.0. The molecular weight excluding hydrogens is 562 g/mol. The number of fused-ring (bicyclic) bond motifs is 12. The Hall–Kier alpha value is -6.33. The zero-order valence-corrected chi connectivity index (χ0v) is 24.6. The van der Waals surface area contributed by atoms with Gasteiger partial charge in [0.2, 0.25) is 0 Å². The summed E-state index contributed by atoms with van der Waals surface area (Å²) in [6.07, 6.45) is 3.64. The Morgan fingerprint density at radius 3 is 1.80 bits per heavy atom. The Labute approximate surface area is 263 Å². The van der Waals surface area contributed by atoms with E-state index in [1.807, 2.05) is 48.8 Å². The summed E-state index contributed by atoms with van der Waals surface area (Å²) in [5, 5.41) is 9.69. The minimum Gasteiger partial charge on any atom is -0.354 e. The van der Waals surface area contributed by atoms with E-state index in [0.29, 0.717) is 0 Å². The van der Waals surface area contributed by atoms with E-state index < -0.39 is 0 Å². The van der Waals surface area contributed by atoms with Crippen LogP contribution in [0.3, 0.4) is 0 Å². The first-order valence-electron chi connectivity index (χ1n) is 15.5. The molecule has 5 heterocycles. The van der Waals surface area contributed by atoms with Crippen LogP contribution < -0.4 is 0 Å². The van der Waals surface area contributed by atoms with Crippen LogP contribution in [0.4, 0.5) is 0 Å². The van der Waals surface area contributed by atoms with E-state index in [-0.39, 0.29) is 0 Å². The topological polar surface area (TPSA) is 59.4 Å². The van der Waals surface area contributed by atoms with Crippen molar-refractivity contribution in [2.45, 2.75) is 0 Å². The maximum Gasteiger partial charge on any atom is 0.0915 e. The molecule has 5 heteroatoms. The molecule has 46 heavy (non-hydrogen) atoms. The Bertz CT molecular complexity index is 2740. The molecule has 0 aliphatic rings. The molecule has 0 saturated heterocycles. The SMILES string of the molecule is c1ccc(-c2cc(-n3c4c5ccccc5ccc4c4c5c6ccccc6[nH]c5c5ccccc5c43)cc(-c3ccccn3)n2)nc1. The molecule has 0 saturated carbocycles. The summed E-state index contributed by atoms with van der Waals surface area (Å²) >= 11 is 0. The third-order valence-corrected chi connectivity index (χ3v) is 9.18. The van der Waals surface area contributed by atoms with Gasteiger partial charge in [0.05, 0.1) is 45.0 Å². The van der Waals surface area contributed by atoms with Crippen molar-refractivity contribution in [3.05, 3.63) is 146 Å². The minimum absolute atomic E-state index is 0.798. The van der Waals surface area contributed by atoms with Crippen molar-refractivity contribution in [1.29, 1.82) is 0 Å². The van der Waals surface area contributed by atoms with Gasteiger partial charge in [-0.05, 0) is 47.9 Å². The molecule has 0 bridgehead atoms. The first-order chi connectivity index (χ1) is 22.8. The van der Waals surface area contributed by atoms with Crippen molar-refractivity contribution < 1.29 is 0 Å². The van der Waals surface area contributed by atoms with Crippen molar-refractivity contribution in [3.63, 3.8) is 0 Å². The van der Waals surface area contributed by atoms with Crippen LogP contribution in [0, 0.1) is 0 Å². The fourth-order valence-electron chi connectivity index (χ4n) is 7.26. The van der Waals surface area contributed by atoms with Crippen LogP contribution in [0.1, 0.15) is 0 Å². The molecule has 0 aliphatic heterocycles. The first-order valence-corrected chi connectivity index (χ1v) is 15.5. The maximum atomic E-state index is 5.11. The number of pyridine rings is 3. The molecule has 1 N–H and O–H groups in total. The molecular formula is C41H25N5. The van der Waals surface area contributed by atoms with E-state index in [2.05, 4.69) is 107 Å². The molecule has 5 aromatic heterocycles. The molecule has 0 unspecified atom stereocenters. The van der Waals surface area contributed by atoms with E-state index >= 15 is 0 Å². The van der Waals surface area contributed by atoms with Gasteiger partial charge in [-0.25, -0.2) is 4.98 Å². The highest BCUT2D eigenvalue weighted by Crippen LogP contribution is 2.46. The lowest BCUT2D eigenvalue weighted by atomic mass is 9.98. The molecule has 10 aromatic rings. The van der Waals surface area contributed by atoms with Crippen molar-refractivity contribution in [1.82, 2.24) is 24.5 Å². The van der Waals surface area contributed by atoms with Gasteiger partial charge in [-0.1, -0.05) is 91.0 Å². The molecule has 5 aromatic carbocycles. The minimum atomic E-state index is 0.798. The number of para-hydroxylation sites is 1. The van der Waals surface area contributed by atoms with Crippen LogP contribution in [0.25, 0.3) is 93.6 Å². The van der Waals surface area contributed by atoms with Crippen molar-refractivity contribution in [3.8, 4) is 28.5 Å². The summed E-state index contributed by atoms with van der Waals surface area (Å²) in [6.45, 7) is 0. The average molecular weight is 588 g/mol. The van der Waals surface area contributed by atoms with Crippen molar-refractivity contribution >= 4 is 65.2 Å². The number of nitrogens with zero attached hydrogens (tertiary/aromatic N) is 4. The zero-order chi connectivity index (χ0) is 30.2. The number of nitrogens with one attached hydrogen (secondary N) is 1. The van der Waals surface area contributed by atoms with Gasteiger partial charge < -0.3 is 9.55 Å². The fraction of sp³-hybridized carbons (Fsp3) is 0. The second-order valence-electron chi connectivity index (χ2n) is 11.7. The second kappa shape index (κ2) is 9.58. The third-order valence-electron chi connectivity index (χ3n) is 9.18. The van der Waals surface area contributed by atoms with Gasteiger partial charge in [0.25, 0.3) is 0 Å². The van der Waals surface area contributed by atoms with Gasteiger partial charge in [0.15, 0.2) is 0 Å². The van der Waals surface area contributed by atoms with E-state index in [9.17, 15) is 0 Å². The lowest BCUT2D eigenvalue weighted by Gasteiger charge is -2.15. The van der Waals surface area contributed by atoms with Gasteiger partial charge in [0, 0.05) is 55.6 Å². The Morgan fingerprint density at radius 1 is 0.457 bits per heavy atom. The number of rotatable bonds is 3. The van der Waals surface area contributed by atoms with E-state index in [1.165, 1.54) is 54.1 Å². The van der Waals surface area contributed by atoms with Gasteiger partial charge in [-0.2, -0.15) is 0 Å². The number of benzene rings is 5. The zero-order valence-electron chi connectivity index (χ0n) is 24.6. The monoisotopic (exact) mass is 587 g/mol. The van der Waals surface area contributed by atoms with Gasteiger partial charge in [-0.3, -0.25) is 9.97 Å². The van der Waals surface area contributed by atoms with E-state index in [1.54, 1.807) is 0 Å². The molecule has 214 valence electrons. The van der Waals surface area contributed by atoms with Gasteiger partial charge in [-0.15, -0.1) is 0 Å². The lowest BCUT2D eigenvalue weighted by molar-refractivity contribution is 1.15. The summed E-state index contributed by atoms with van der Waals surface area (Å²) in [4.78, 5) is 18.3. The standard InChI is InChI=1S/C41H25N5/c1-2-12-27-25(11-1)19-20-31-38-37-30-15-5-6-16-32(30)45-39(37)28-13-3-4-14-29(28)41(38)46(40(27)31)26-23-35(33-17-7-9-21-42-33)44-36(24-26)34-18-8-10-22-43-34/h1-24,45H. The normalized spacial score (nSPS) is 11.9. The molecule has 10 rings (SSSR count). The first kappa shape index (κ1) is 25.0. The molecule has 0 radical (unpaired) electrons. The van der Waals surface area contributed by atoms with Crippen molar-refractivity contribution in [2.75, 3.05) is 0 Å². The van der Waals surface area contributed by atoms with Crippen LogP contribution in [0.5, 0.6) is 0 Å². The van der Waals surface area contributed by atoms with Crippen LogP contribution in [-0.2, 0) is 0 Å². The highest BCUT2D eigenvalue weighted by molar-refractivity contribution is 6.38. The van der Waals surface area contributed by atoms with Crippen LogP contribution >= 0.6 is 0 Å². The molecule has 0 aliphatic carbocycles. The Balaban J connectivity index is 1.47. The number of aromatic amines is 1. The number of H-pyrrole nitrogens is 1. The smallest absolute Gasteiger partial charge is 0.0915 e. The third kappa shape index (κ3) is 3.54. The Morgan fingerprint density at radius 2 is 1.09 bits per heavy atom. The van der Waals surface area contributed by atoms with Gasteiger partial charge in [0.1, 0.15) is 0 Å². The second-order valence-corrected chi connectivity index (χ2v) is 11.7. The van der Waals surface area contributed by atoms with Crippen LogP contribution in [0.2, 0.25) is 0 Å². The van der Waals surface area contributed by atoms with E-state index in [0.717, 1.165) is 39.5 Å². The predicted octanol–water partition coefficient (Wildman–Crippen LogP) is 10.2. The van der Waals surface area contributed by atoms with Crippen molar-refractivity contribution in [2.24, 2.45) is 0 Å². The predicted molar refractivity (Wildman–Crippen MR) is 189 cm³/mol. The summed E-state index contributed by atoms with van der Waals surface area (Å²) in [5.74, 6) is 0. The quantitative estimate of drug-likeness (QED) is 0.224. The maximum absolute atomic E-state index is 5.11. The number of aromatic nitrogens is 5. The molecule has 0 spiro atoms. The average Bonchev–Trinajstić information content (AvgIpc) is 3.69.